The van der Waals surface area contributed by atoms with Crippen LogP contribution in [0.5, 0.6) is 0 Å². The highest BCUT2D eigenvalue weighted by molar-refractivity contribution is 14.0. The molecular formula is C21H38IN5OS. The molecule has 2 N–H and O–H groups in total. The van der Waals surface area contributed by atoms with Crippen LogP contribution in [0.3, 0.4) is 0 Å². The average Bonchev–Trinajstić information content (AvgIpc) is 3.03. The van der Waals surface area contributed by atoms with Crippen molar-refractivity contribution >= 4 is 47.2 Å². The maximum absolute atomic E-state index is 12.0. The predicted octanol–water partition coefficient (Wildman–Crippen LogP) is 3.95. The van der Waals surface area contributed by atoms with Crippen LogP contribution in [0.2, 0.25) is 0 Å². The van der Waals surface area contributed by atoms with Gasteiger partial charge in [-0.15, -0.1) is 35.3 Å². The molecule has 1 saturated heterocycles. The van der Waals surface area contributed by atoms with Crippen molar-refractivity contribution in [2.75, 3.05) is 32.7 Å². The van der Waals surface area contributed by atoms with Crippen molar-refractivity contribution in [2.24, 2.45) is 4.99 Å². The second-order valence-electron chi connectivity index (χ2n) is 8.36. The Morgan fingerprint density at radius 1 is 1.28 bits per heavy atom. The predicted molar refractivity (Wildman–Crippen MR) is 134 cm³/mol. The van der Waals surface area contributed by atoms with E-state index in [0.717, 1.165) is 75.1 Å². The topological polar surface area (TPSA) is 69.6 Å². The number of amides is 1. The maximum atomic E-state index is 12.0. The smallest absolute Gasteiger partial charge is 0.222 e. The van der Waals surface area contributed by atoms with Crippen LogP contribution < -0.4 is 10.6 Å². The molecule has 166 valence electrons. The molecule has 0 aromatic carbocycles. The van der Waals surface area contributed by atoms with Gasteiger partial charge in [0.2, 0.25) is 5.91 Å². The number of hydrogen-bond donors (Lipinski definition) is 2. The number of rotatable bonds is 8. The zero-order valence-corrected chi connectivity index (χ0v) is 21.6. The number of aromatic nitrogens is 1. The maximum Gasteiger partial charge on any atom is 0.222 e. The van der Waals surface area contributed by atoms with Crippen LogP contribution in [-0.4, -0.2) is 54.5 Å². The second-order valence-corrected chi connectivity index (χ2v) is 9.30. The number of carbonyl (C=O) groups excluding carboxylic acids is 1. The molecule has 2 rings (SSSR count). The van der Waals surface area contributed by atoms with Crippen LogP contribution >= 0.6 is 35.3 Å². The van der Waals surface area contributed by atoms with E-state index in [-0.39, 0.29) is 29.4 Å². The van der Waals surface area contributed by atoms with E-state index in [9.17, 15) is 4.79 Å². The molecule has 0 aliphatic carbocycles. The van der Waals surface area contributed by atoms with Gasteiger partial charge in [-0.25, -0.2) is 4.98 Å². The molecule has 1 aromatic rings. The van der Waals surface area contributed by atoms with E-state index in [2.05, 4.69) is 48.7 Å². The molecule has 8 heteroatoms. The Bertz CT molecular complexity index is 641. The van der Waals surface area contributed by atoms with Gasteiger partial charge in [-0.1, -0.05) is 27.2 Å². The molecule has 1 aliphatic heterocycles. The van der Waals surface area contributed by atoms with Gasteiger partial charge in [-0.2, -0.15) is 0 Å². The summed E-state index contributed by atoms with van der Waals surface area (Å²) in [4.78, 5) is 23.5. The Kier molecular flexibility index (Phi) is 12.1. The molecule has 1 amide bonds. The van der Waals surface area contributed by atoms with Crippen molar-refractivity contribution in [3.63, 3.8) is 0 Å². The SMILES string of the molecule is CCNC(=NCCCN1CCCCCC1=O)NCCc1nc(C(C)(C)C)cs1.I. The third-order valence-electron chi connectivity index (χ3n) is 4.82. The van der Waals surface area contributed by atoms with Crippen molar-refractivity contribution in [1.82, 2.24) is 20.5 Å². The van der Waals surface area contributed by atoms with Gasteiger partial charge in [-0.05, 0) is 26.2 Å². The number of nitrogens with zero attached hydrogens (tertiary/aromatic N) is 3. The first-order valence-electron chi connectivity index (χ1n) is 10.6. The number of hydrogen-bond acceptors (Lipinski definition) is 4. The van der Waals surface area contributed by atoms with Crippen LogP contribution in [0.25, 0.3) is 0 Å². The summed E-state index contributed by atoms with van der Waals surface area (Å²) in [6.45, 7) is 12.8. The molecule has 6 nitrogen and oxygen atoms in total. The highest BCUT2D eigenvalue weighted by Crippen LogP contribution is 2.23. The van der Waals surface area contributed by atoms with Crippen molar-refractivity contribution in [1.29, 1.82) is 0 Å². The molecule has 0 unspecified atom stereocenters. The van der Waals surface area contributed by atoms with E-state index in [0.29, 0.717) is 12.3 Å². The number of carbonyl (C=O) groups is 1. The first-order valence-corrected chi connectivity index (χ1v) is 11.5. The number of thiazole rings is 1. The summed E-state index contributed by atoms with van der Waals surface area (Å²) in [7, 11) is 0. The van der Waals surface area contributed by atoms with Gasteiger partial charge in [0.1, 0.15) is 0 Å². The molecule has 2 heterocycles. The minimum Gasteiger partial charge on any atom is -0.357 e. The van der Waals surface area contributed by atoms with Gasteiger partial charge in [0.15, 0.2) is 5.96 Å². The summed E-state index contributed by atoms with van der Waals surface area (Å²) in [6.07, 6.45) is 5.86. The highest BCUT2D eigenvalue weighted by Gasteiger charge is 2.17. The van der Waals surface area contributed by atoms with E-state index in [1.165, 1.54) is 6.42 Å². The fourth-order valence-electron chi connectivity index (χ4n) is 3.13. The standard InChI is InChI=1S/C21H37N5OS.HI/c1-5-22-20(23-12-9-15-26-14-8-6-7-10-19(26)27)24-13-11-18-25-17(16-28-18)21(2,3)4;/h16H,5-15H2,1-4H3,(H2,22,23,24);1H. The van der Waals surface area contributed by atoms with E-state index >= 15 is 0 Å². The Morgan fingerprint density at radius 3 is 2.76 bits per heavy atom. The summed E-state index contributed by atoms with van der Waals surface area (Å²) in [5.74, 6) is 1.15. The summed E-state index contributed by atoms with van der Waals surface area (Å²) in [6, 6.07) is 0. The number of guanidine groups is 1. The molecule has 0 atom stereocenters. The number of likely N-dealkylation sites (tertiary alicyclic amines) is 1. The van der Waals surface area contributed by atoms with Gasteiger partial charge in [0.05, 0.1) is 10.7 Å². The van der Waals surface area contributed by atoms with Gasteiger partial charge in [-0.3, -0.25) is 9.79 Å². The van der Waals surface area contributed by atoms with Crippen molar-refractivity contribution in [3.05, 3.63) is 16.1 Å². The fraction of sp³-hybridized carbons (Fsp3) is 0.762. The van der Waals surface area contributed by atoms with Crippen molar-refractivity contribution < 1.29 is 4.79 Å². The third-order valence-corrected chi connectivity index (χ3v) is 5.73. The van der Waals surface area contributed by atoms with Crippen LogP contribution in [0, 0.1) is 0 Å². The molecular weight excluding hydrogens is 497 g/mol. The summed E-state index contributed by atoms with van der Waals surface area (Å²) in [5, 5.41) is 10.0. The molecule has 0 saturated carbocycles. The lowest BCUT2D eigenvalue weighted by Gasteiger charge is -2.20. The van der Waals surface area contributed by atoms with Crippen LogP contribution in [0.15, 0.2) is 10.4 Å². The largest absolute Gasteiger partial charge is 0.357 e. The summed E-state index contributed by atoms with van der Waals surface area (Å²) >= 11 is 1.73. The van der Waals surface area contributed by atoms with Gasteiger partial charge in [0, 0.05) is 56.4 Å². The molecule has 0 radical (unpaired) electrons. The highest BCUT2D eigenvalue weighted by atomic mass is 127. The lowest BCUT2D eigenvalue weighted by molar-refractivity contribution is -0.130. The van der Waals surface area contributed by atoms with Gasteiger partial charge in [0.25, 0.3) is 0 Å². The molecule has 29 heavy (non-hydrogen) atoms. The molecule has 0 spiro atoms. The molecule has 1 aromatic heterocycles. The Balaban J connectivity index is 0.00000420. The van der Waals surface area contributed by atoms with E-state index < -0.39 is 0 Å². The lowest BCUT2D eigenvalue weighted by atomic mass is 9.93. The van der Waals surface area contributed by atoms with Crippen molar-refractivity contribution in [2.45, 2.75) is 71.6 Å². The van der Waals surface area contributed by atoms with E-state index in [1.807, 2.05) is 4.90 Å². The summed E-state index contributed by atoms with van der Waals surface area (Å²) < 4.78 is 0. The average molecular weight is 536 g/mol. The van der Waals surface area contributed by atoms with Crippen molar-refractivity contribution in [3.8, 4) is 0 Å². The van der Waals surface area contributed by atoms with E-state index in [1.54, 1.807) is 11.3 Å². The van der Waals surface area contributed by atoms with Crippen LogP contribution in [0.4, 0.5) is 0 Å². The minimum absolute atomic E-state index is 0. The third kappa shape index (κ3) is 9.63. The zero-order chi connectivity index (χ0) is 20.4. The molecule has 0 bridgehead atoms. The Morgan fingerprint density at radius 2 is 2.07 bits per heavy atom. The van der Waals surface area contributed by atoms with Crippen LogP contribution in [-0.2, 0) is 16.6 Å². The normalized spacial score (nSPS) is 15.7. The first-order chi connectivity index (χ1) is 13.4. The number of halogens is 1. The second kappa shape index (κ2) is 13.4. The monoisotopic (exact) mass is 535 g/mol. The van der Waals surface area contributed by atoms with Gasteiger partial charge < -0.3 is 15.5 Å². The van der Waals surface area contributed by atoms with Gasteiger partial charge >= 0.3 is 0 Å². The Labute approximate surface area is 197 Å². The van der Waals surface area contributed by atoms with E-state index in [4.69, 9.17) is 4.98 Å². The quantitative estimate of drug-likeness (QED) is 0.229. The molecule has 1 aliphatic rings. The Hall–Kier alpha value is -0.900. The summed E-state index contributed by atoms with van der Waals surface area (Å²) in [5.41, 5.74) is 1.27. The number of aliphatic imine (C=N–C) groups is 1. The first kappa shape index (κ1) is 26.1. The fourth-order valence-corrected chi connectivity index (χ4v) is 4.15. The number of nitrogens with one attached hydrogen (secondary N) is 2. The molecule has 1 fully saturated rings. The zero-order valence-electron chi connectivity index (χ0n) is 18.4. The minimum atomic E-state index is 0. The lowest BCUT2D eigenvalue weighted by Crippen LogP contribution is -2.38. The van der Waals surface area contributed by atoms with Crippen LogP contribution in [0.1, 0.15) is 70.5 Å².